The molecule has 2 atom stereocenters. The predicted octanol–water partition coefficient (Wildman–Crippen LogP) is 21.6. The van der Waals surface area contributed by atoms with Crippen LogP contribution in [0.4, 0.5) is 0 Å². The number of unbranched alkanes of at least 4 members (excludes halogenated alkanes) is 53. The first-order chi connectivity index (χ1) is 36.5. The molecule has 0 aromatic heterocycles. The molecular weight excluding hydrogens is 911 g/mol. The Balaban J connectivity index is 3.37. The smallest absolute Gasteiger partial charge is 0.305 e. The molecule has 0 rings (SSSR count). The molecule has 74 heavy (non-hydrogen) atoms. The highest BCUT2D eigenvalue weighted by atomic mass is 16.5. The van der Waals surface area contributed by atoms with Gasteiger partial charge in [-0.15, -0.1) is 0 Å². The molecule has 0 aliphatic heterocycles. The Kier molecular flexibility index (Phi) is 62.9. The van der Waals surface area contributed by atoms with E-state index in [1.54, 1.807) is 6.08 Å². The molecule has 0 bridgehead atoms. The third kappa shape index (κ3) is 59.8. The summed E-state index contributed by atoms with van der Waals surface area (Å²) >= 11 is 0. The largest absolute Gasteiger partial charge is 0.466 e. The van der Waals surface area contributed by atoms with Gasteiger partial charge in [-0.25, -0.2) is 0 Å². The van der Waals surface area contributed by atoms with Crippen LogP contribution < -0.4 is 5.32 Å². The maximum atomic E-state index is 12.5. The van der Waals surface area contributed by atoms with E-state index in [4.69, 9.17) is 4.74 Å². The number of allylic oxidation sites excluding steroid dienone is 1. The first-order valence-electron chi connectivity index (χ1n) is 34.0. The monoisotopic (exact) mass is 1040 g/mol. The first kappa shape index (κ1) is 72.6. The molecule has 0 saturated heterocycles. The second-order valence-corrected chi connectivity index (χ2v) is 23.5. The summed E-state index contributed by atoms with van der Waals surface area (Å²) in [6.45, 7) is 4.95. The fourth-order valence-corrected chi connectivity index (χ4v) is 10.9. The third-order valence-electron chi connectivity index (χ3n) is 16.1. The Labute approximate surface area is 463 Å². The zero-order chi connectivity index (χ0) is 53.6. The van der Waals surface area contributed by atoms with Gasteiger partial charge in [-0.3, -0.25) is 9.59 Å². The summed E-state index contributed by atoms with van der Waals surface area (Å²) in [7, 11) is 0. The topological polar surface area (TPSA) is 95.9 Å². The minimum atomic E-state index is -0.843. The van der Waals surface area contributed by atoms with Gasteiger partial charge in [0.25, 0.3) is 0 Å². The summed E-state index contributed by atoms with van der Waals surface area (Å²) in [4.78, 5) is 24.6. The van der Waals surface area contributed by atoms with Gasteiger partial charge in [0, 0.05) is 12.8 Å². The Morgan fingerprint density at radius 1 is 0.365 bits per heavy atom. The van der Waals surface area contributed by atoms with Crippen LogP contribution in [-0.4, -0.2) is 47.4 Å². The number of esters is 1. The summed E-state index contributed by atoms with van der Waals surface area (Å²) in [5, 5.41) is 23.2. The van der Waals surface area contributed by atoms with Gasteiger partial charge in [0.15, 0.2) is 0 Å². The molecule has 0 aromatic rings. The quantitative estimate of drug-likeness (QED) is 0.0320. The van der Waals surface area contributed by atoms with Crippen LogP contribution >= 0.6 is 0 Å². The van der Waals surface area contributed by atoms with Crippen LogP contribution in [0.1, 0.15) is 386 Å². The van der Waals surface area contributed by atoms with Crippen molar-refractivity contribution in [3.8, 4) is 0 Å². The number of carbonyl (C=O) groups excluding carboxylic acids is 2. The van der Waals surface area contributed by atoms with Crippen molar-refractivity contribution < 1.29 is 24.5 Å². The lowest BCUT2D eigenvalue weighted by molar-refractivity contribution is -0.143. The van der Waals surface area contributed by atoms with Gasteiger partial charge in [-0.2, -0.15) is 0 Å². The molecule has 0 aromatic carbocycles. The Morgan fingerprint density at radius 2 is 0.622 bits per heavy atom. The van der Waals surface area contributed by atoms with Crippen molar-refractivity contribution in [3.05, 3.63) is 12.2 Å². The molecular formula is C68H133NO5. The second kappa shape index (κ2) is 64.1. The highest BCUT2D eigenvalue weighted by molar-refractivity contribution is 5.76. The number of aliphatic hydroxyl groups excluding tert-OH is 2. The normalized spacial score (nSPS) is 12.5. The van der Waals surface area contributed by atoms with Crippen LogP contribution in [-0.2, 0) is 14.3 Å². The summed E-state index contributed by atoms with van der Waals surface area (Å²) in [6, 6.07) is -0.626. The number of amides is 1. The van der Waals surface area contributed by atoms with Crippen LogP contribution in [0.25, 0.3) is 0 Å². The maximum Gasteiger partial charge on any atom is 0.305 e. The van der Waals surface area contributed by atoms with Crippen molar-refractivity contribution in [3.63, 3.8) is 0 Å². The van der Waals surface area contributed by atoms with Crippen molar-refractivity contribution in [2.75, 3.05) is 13.2 Å². The van der Waals surface area contributed by atoms with Crippen molar-refractivity contribution in [2.45, 2.75) is 398 Å². The number of nitrogens with one attached hydrogen (secondary N) is 1. The van der Waals surface area contributed by atoms with E-state index in [1.165, 1.54) is 321 Å². The van der Waals surface area contributed by atoms with E-state index < -0.39 is 12.1 Å². The molecule has 6 nitrogen and oxygen atoms in total. The molecule has 3 N–H and O–H groups in total. The van der Waals surface area contributed by atoms with Crippen LogP contribution in [0.5, 0.6) is 0 Å². The highest BCUT2D eigenvalue weighted by Crippen LogP contribution is 2.19. The third-order valence-corrected chi connectivity index (χ3v) is 16.1. The van der Waals surface area contributed by atoms with E-state index in [0.717, 1.165) is 38.5 Å². The SMILES string of the molecule is CCCCCCCCCCCCCCCCC/C=C/C(O)C(CO)NC(=O)CCCCCCCCCCCCCCCCCCCCCCCCCCOC(=O)CCCCCCCCCCCCCCCCCC. The minimum Gasteiger partial charge on any atom is -0.466 e. The number of aliphatic hydroxyl groups is 2. The molecule has 0 fully saturated rings. The van der Waals surface area contributed by atoms with E-state index in [-0.39, 0.29) is 18.5 Å². The lowest BCUT2D eigenvalue weighted by Crippen LogP contribution is -2.45. The van der Waals surface area contributed by atoms with E-state index in [9.17, 15) is 19.8 Å². The lowest BCUT2D eigenvalue weighted by Gasteiger charge is -2.20. The van der Waals surface area contributed by atoms with Gasteiger partial charge < -0.3 is 20.3 Å². The minimum absolute atomic E-state index is 0.0194. The molecule has 2 unspecified atom stereocenters. The second-order valence-electron chi connectivity index (χ2n) is 23.5. The van der Waals surface area contributed by atoms with E-state index in [2.05, 4.69) is 19.2 Å². The van der Waals surface area contributed by atoms with E-state index in [1.807, 2.05) is 6.08 Å². The molecule has 1 amide bonds. The summed E-state index contributed by atoms with van der Waals surface area (Å²) < 4.78 is 5.50. The summed E-state index contributed by atoms with van der Waals surface area (Å²) in [6.07, 6.45) is 78.5. The zero-order valence-corrected chi connectivity index (χ0v) is 50.4. The highest BCUT2D eigenvalue weighted by Gasteiger charge is 2.18. The van der Waals surface area contributed by atoms with E-state index in [0.29, 0.717) is 19.4 Å². The summed E-state index contributed by atoms with van der Waals surface area (Å²) in [5.41, 5.74) is 0. The van der Waals surface area contributed by atoms with Gasteiger partial charge in [0.2, 0.25) is 5.91 Å². The van der Waals surface area contributed by atoms with Crippen LogP contribution in [0.15, 0.2) is 12.2 Å². The molecule has 6 heteroatoms. The molecule has 0 aliphatic carbocycles. The fraction of sp³-hybridized carbons (Fsp3) is 0.941. The Hall–Kier alpha value is -1.40. The van der Waals surface area contributed by atoms with Crippen LogP contribution in [0, 0.1) is 0 Å². The van der Waals surface area contributed by atoms with Gasteiger partial charge in [0.1, 0.15) is 0 Å². The summed E-state index contributed by atoms with van der Waals surface area (Å²) in [5.74, 6) is -0.0440. The maximum absolute atomic E-state index is 12.5. The van der Waals surface area contributed by atoms with E-state index >= 15 is 0 Å². The fourth-order valence-electron chi connectivity index (χ4n) is 10.9. The number of hydrogen-bond acceptors (Lipinski definition) is 5. The number of rotatable bonds is 64. The lowest BCUT2D eigenvalue weighted by atomic mass is 10.0. The molecule has 0 spiro atoms. The molecule has 440 valence electrons. The Bertz CT molecular complexity index is 1110. The van der Waals surface area contributed by atoms with Gasteiger partial charge in [-0.05, 0) is 32.1 Å². The number of hydrogen-bond donors (Lipinski definition) is 3. The van der Waals surface area contributed by atoms with Crippen LogP contribution in [0.2, 0.25) is 0 Å². The van der Waals surface area contributed by atoms with Gasteiger partial charge in [0.05, 0.1) is 25.4 Å². The van der Waals surface area contributed by atoms with Crippen molar-refractivity contribution in [2.24, 2.45) is 0 Å². The van der Waals surface area contributed by atoms with Gasteiger partial charge in [-0.1, -0.05) is 353 Å². The molecule has 0 heterocycles. The van der Waals surface area contributed by atoms with Crippen molar-refractivity contribution >= 4 is 11.9 Å². The van der Waals surface area contributed by atoms with Crippen molar-refractivity contribution in [1.29, 1.82) is 0 Å². The molecule has 0 saturated carbocycles. The average molecular weight is 1040 g/mol. The average Bonchev–Trinajstić information content (AvgIpc) is 3.40. The first-order valence-corrected chi connectivity index (χ1v) is 34.0. The standard InChI is InChI=1S/C68H133NO5/c1-3-5-7-9-11-13-15-17-19-29-32-36-40-44-48-52-56-60-66(71)65(64-70)69-67(72)61-57-53-49-45-41-37-33-30-27-25-23-21-22-24-26-28-31-35-39-43-47-51-55-59-63-74-68(73)62-58-54-50-46-42-38-34-20-18-16-14-12-10-8-6-4-2/h56,60,65-66,70-71H,3-55,57-59,61-64H2,1-2H3,(H,69,72)/b60-56+. The van der Waals surface area contributed by atoms with Crippen LogP contribution in [0.3, 0.4) is 0 Å². The molecule has 0 radical (unpaired) electrons. The predicted molar refractivity (Wildman–Crippen MR) is 324 cm³/mol. The number of carbonyl (C=O) groups is 2. The molecule has 0 aliphatic rings. The Morgan fingerprint density at radius 3 is 0.919 bits per heavy atom. The van der Waals surface area contributed by atoms with Crippen molar-refractivity contribution in [1.82, 2.24) is 5.32 Å². The number of ether oxygens (including phenoxy) is 1. The zero-order valence-electron chi connectivity index (χ0n) is 50.4. The van der Waals surface area contributed by atoms with Gasteiger partial charge >= 0.3 is 5.97 Å².